The Hall–Kier alpha value is -1.72. The van der Waals surface area contributed by atoms with Crippen molar-refractivity contribution < 1.29 is 22.3 Å². The van der Waals surface area contributed by atoms with Crippen molar-refractivity contribution in [3.05, 3.63) is 29.7 Å². The lowest BCUT2D eigenvalue weighted by Gasteiger charge is -2.21. The first-order chi connectivity index (χ1) is 9.00. The highest BCUT2D eigenvalue weighted by atomic mass is 19.4. The highest BCUT2D eigenvalue weighted by Crippen LogP contribution is 2.36. The summed E-state index contributed by atoms with van der Waals surface area (Å²) >= 11 is 0. The highest BCUT2D eigenvalue weighted by molar-refractivity contribution is 5.83. The number of fused-ring (bicyclic) bond motifs is 1. The van der Waals surface area contributed by atoms with Gasteiger partial charge in [-0.05, 0) is 39.0 Å². The second-order valence-corrected chi connectivity index (χ2v) is 5.61. The van der Waals surface area contributed by atoms with E-state index in [9.17, 15) is 17.6 Å². The number of alkyl halides is 3. The third-order valence-corrected chi connectivity index (χ3v) is 2.83. The standard InChI is InChI=1S/C14H15F4NO/c1-13(2,3)20-10-6-5-9-8(12(10)15)7-11(19(9)4)14(16,17)18/h5-7H,1-4H3. The van der Waals surface area contributed by atoms with Crippen LogP contribution in [0.2, 0.25) is 0 Å². The Morgan fingerprint density at radius 3 is 2.20 bits per heavy atom. The smallest absolute Gasteiger partial charge is 0.431 e. The third-order valence-electron chi connectivity index (χ3n) is 2.83. The van der Waals surface area contributed by atoms with Gasteiger partial charge in [0.25, 0.3) is 0 Å². The van der Waals surface area contributed by atoms with Crippen LogP contribution < -0.4 is 4.74 Å². The van der Waals surface area contributed by atoms with Gasteiger partial charge in [0, 0.05) is 12.4 Å². The topological polar surface area (TPSA) is 14.2 Å². The summed E-state index contributed by atoms with van der Waals surface area (Å²) in [5.74, 6) is -0.826. The summed E-state index contributed by atoms with van der Waals surface area (Å²) in [5, 5.41) is -0.0958. The second kappa shape index (κ2) is 4.40. The van der Waals surface area contributed by atoms with Crippen LogP contribution in [0.4, 0.5) is 17.6 Å². The fourth-order valence-electron chi connectivity index (χ4n) is 2.04. The van der Waals surface area contributed by atoms with Gasteiger partial charge < -0.3 is 9.30 Å². The molecule has 110 valence electrons. The largest absolute Gasteiger partial charge is 0.485 e. The summed E-state index contributed by atoms with van der Waals surface area (Å²) in [5.41, 5.74) is -1.34. The van der Waals surface area contributed by atoms with E-state index in [0.717, 1.165) is 10.6 Å². The molecule has 0 saturated heterocycles. The Bertz CT molecular complexity index is 650. The zero-order chi connectivity index (χ0) is 15.3. The van der Waals surface area contributed by atoms with Gasteiger partial charge in [0.05, 0.1) is 5.52 Å². The van der Waals surface area contributed by atoms with Crippen molar-refractivity contribution in [3.8, 4) is 5.75 Å². The average Bonchev–Trinajstić information content (AvgIpc) is 2.59. The molecule has 0 aliphatic rings. The predicted octanol–water partition coefficient (Wildman–Crippen LogP) is 4.51. The van der Waals surface area contributed by atoms with Crippen LogP contribution >= 0.6 is 0 Å². The fraction of sp³-hybridized carbons (Fsp3) is 0.429. The molecule has 0 bridgehead atoms. The first-order valence-corrected chi connectivity index (χ1v) is 6.05. The molecule has 0 N–H and O–H groups in total. The maximum atomic E-state index is 14.3. The lowest BCUT2D eigenvalue weighted by molar-refractivity contribution is -0.142. The normalized spacial score (nSPS) is 13.0. The fourth-order valence-corrected chi connectivity index (χ4v) is 2.04. The molecule has 0 amide bonds. The van der Waals surface area contributed by atoms with Gasteiger partial charge in [-0.1, -0.05) is 0 Å². The number of ether oxygens (including phenoxy) is 1. The molecule has 1 aromatic heterocycles. The minimum absolute atomic E-state index is 0.0516. The molecule has 2 aromatic rings. The van der Waals surface area contributed by atoms with Gasteiger partial charge in [-0.25, -0.2) is 4.39 Å². The summed E-state index contributed by atoms with van der Waals surface area (Å²) in [7, 11) is 1.26. The van der Waals surface area contributed by atoms with Gasteiger partial charge in [0.2, 0.25) is 0 Å². The van der Waals surface area contributed by atoms with Gasteiger partial charge in [-0.3, -0.25) is 0 Å². The zero-order valence-corrected chi connectivity index (χ0v) is 11.6. The van der Waals surface area contributed by atoms with Crippen molar-refractivity contribution in [2.75, 3.05) is 0 Å². The van der Waals surface area contributed by atoms with E-state index < -0.39 is 23.3 Å². The van der Waals surface area contributed by atoms with Crippen LogP contribution in [0.5, 0.6) is 5.75 Å². The van der Waals surface area contributed by atoms with Crippen molar-refractivity contribution in [2.45, 2.75) is 32.5 Å². The van der Waals surface area contributed by atoms with Gasteiger partial charge in [-0.15, -0.1) is 0 Å². The monoisotopic (exact) mass is 289 g/mol. The molecule has 20 heavy (non-hydrogen) atoms. The first-order valence-electron chi connectivity index (χ1n) is 6.05. The van der Waals surface area contributed by atoms with E-state index in [1.54, 1.807) is 20.8 Å². The number of nitrogens with zero attached hydrogens (tertiary/aromatic N) is 1. The van der Waals surface area contributed by atoms with E-state index in [2.05, 4.69) is 0 Å². The van der Waals surface area contributed by atoms with Crippen LogP contribution in [-0.2, 0) is 13.2 Å². The van der Waals surface area contributed by atoms with Gasteiger partial charge in [0.15, 0.2) is 11.6 Å². The van der Waals surface area contributed by atoms with E-state index in [-0.39, 0.29) is 16.7 Å². The Morgan fingerprint density at radius 1 is 1.10 bits per heavy atom. The summed E-state index contributed by atoms with van der Waals surface area (Å²) < 4.78 is 59.1. The summed E-state index contributed by atoms with van der Waals surface area (Å²) in [6, 6.07) is 3.58. The predicted molar refractivity (Wildman–Crippen MR) is 68.3 cm³/mol. The number of aryl methyl sites for hydroxylation is 1. The van der Waals surface area contributed by atoms with Crippen LogP contribution in [-0.4, -0.2) is 10.2 Å². The van der Waals surface area contributed by atoms with Crippen LogP contribution in [0.1, 0.15) is 26.5 Å². The summed E-state index contributed by atoms with van der Waals surface area (Å²) in [6.45, 7) is 5.22. The quantitative estimate of drug-likeness (QED) is 0.704. The highest BCUT2D eigenvalue weighted by Gasteiger charge is 2.35. The van der Waals surface area contributed by atoms with Crippen molar-refractivity contribution in [1.82, 2.24) is 4.57 Å². The molecular formula is C14H15F4NO. The van der Waals surface area contributed by atoms with Crippen LogP contribution in [0.3, 0.4) is 0 Å². The van der Waals surface area contributed by atoms with E-state index >= 15 is 0 Å². The molecule has 0 unspecified atom stereocenters. The van der Waals surface area contributed by atoms with E-state index in [0.29, 0.717) is 0 Å². The first kappa shape index (κ1) is 14.7. The van der Waals surface area contributed by atoms with E-state index in [1.165, 1.54) is 19.2 Å². The van der Waals surface area contributed by atoms with E-state index in [1.807, 2.05) is 0 Å². The molecule has 0 fully saturated rings. The summed E-state index contributed by atoms with van der Waals surface area (Å²) in [4.78, 5) is 0. The Balaban J connectivity index is 2.63. The molecule has 2 rings (SSSR count). The Labute approximate surface area is 113 Å². The second-order valence-electron chi connectivity index (χ2n) is 5.61. The van der Waals surface area contributed by atoms with E-state index in [4.69, 9.17) is 4.74 Å². The van der Waals surface area contributed by atoms with Crippen LogP contribution in [0, 0.1) is 5.82 Å². The SMILES string of the molecule is Cn1c(C(F)(F)F)cc2c(F)c(OC(C)(C)C)ccc21. The number of halogens is 4. The van der Waals surface area contributed by atoms with Crippen LogP contribution in [0.25, 0.3) is 10.9 Å². The molecule has 0 aliphatic heterocycles. The van der Waals surface area contributed by atoms with Crippen molar-refractivity contribution >= 4 is 10.9 Å². The summed E-state index contributed by atoms with van der Waals surface area (Å²) in [6.07, 6.45) is -4.52. The van der Waals surface area contributed by atoms with Crippen LogP contribution in [0.15, 0.2) is 18.2 Å². The number of rotatable bonds is 1. The molecule has 6 heteroatoms. The maximum absolute atomic E-state index is 14.3. The Morgan fingerprint density at radius 2 is 1.70 bits per heavy atom. The molecule has 1 aromatic carbocycles. The lowest BCUT2D eigenvalue weighted by Crippen LogP contribution is -2.23. The molecule has 0 aliphatic carbocycles. The number of hydrogen-bond acceptors (Lipinski definition) is 1. The average molecular weight is 289 g/mol. The van der Waals surface area contributed by atoms with Gasteiger partial charge in [-0.2, -0.15) is 13.2 Å². The maximum Gasteiger partial charge on any atom is 0.431 e. The molecule has 0 spiro atoms. The number of benzene rings is 1. The van der Waals surface area contributed by atoms with Gasteiger partial charge in [0.1, 0.15) is 11.3 Å². The number of hydrogen-bond donors (Lipinski definition) is 0. The lowest BCUT2D eigenvalue weighted by atomic mass is 10.1. The molecule has 0 saturated carbocycles. The van der Waals surface area contributed by atoms with Crippen molar-refractivity contribution in [1.29, 1.82) is 0 Å². The Kier molecular flexibility index (Phi) is 3.23. The minimum Gasteiger partial charge on any atom is -0.485 e. The third kappa shape index (κ3) is 2.59. The minimum atomic E-state index is -4.52. The van der Waals surface area contributed by atoms with Crippen molar-refractivity contribution in [3.63, 3.8) is 0 Å². The number of aromatic nitrogens is 1. The molecule has 1 heterocycles. The zero-order valence-electron chi connectivity index (χ0n) is 11.6. The molecule has 2 nitrogen and oxygen atoms in total. The molecular weight excluding hydrogens is 274 g/mol. The van der Waals surface area contributed by atoms with Gasteiger partial charge >= 0.3 is 6.18 Å². The van der Waals surface area contributed by atoms with Crippen molar-refractivity contribution in [2.24, 2.45) is 7.05 Å². The molecule has 0 atom stereocenters. The molecule has 0 radical (unpaired) electrons.